The van der Waals surface area contributed by atoms with Gasteiger partial charge < -0.3 is 80.3 Å². The molecule has 0 aromatic carbocycles. The lowest BCUT2D eigenvalue weighted by molar-refractivity contribution is -0.303. The minimum absolute atomic E-state index is 0.0732. The number of carbonyl (C=O) groups is 3. The van der Waals surface area contributed by atoms with Crippen molar-refractivity contribution < 1.29 is 101 Å². The number of unbranched alkanes of at least 4 members (excludes halogenated alkanes) is 24. The zero-order valence-electron chi connectivity index (χ0n) is 49.7. The number of hydrogen-bond acceptors (Lipinski definition) is 19. The number of carbonyl (C=O) groups excluding carboxylic acids is 3. The van der Waals surface area contributed by atoms with Gasteiger partial charge in [0, 0.05) is 13.0 Å². The van der Waals surface area contributed by atoms with Crippen molar-refractivity contribution in [1.29, 1.82) is 0 Å². The van der Waals surface area contributed by atoms with Crippen LogP contribution in [-0.4, -0.2) is 171 Å². The minimum Gasteiger partial charge on any atom is -0.462 e. The van der Waals surface area contributed by atoms with Crippen molar-refractivity contribution in [3.8, 4) is 0 Å². The van der Waals surface area contributed by atoms with Crippen molar-refractivity contribution >= 4 is 33.4 Å². The quantitative estimate of drug-likeness (QED) is 0.0167. The van der Waals surface area contributed by atoms with Crippen LogP contribution in [0.15, 0.2) is 0 Å². The lowest BCUT2D eigenvalue weighted by Crippen LogP contribution is -2.67. The van der Waals surface area contributed by atoms with Crippen LogP contribution >= 0.6 is 15.6 Å². The highest BCUT2D eigenvalue weighted by atomic mass is 31.2. The third-order valence-corrected chi connectivity index (χ3v) is 16.3. The Balaban J connectivity index is 2.28. The molecular weight excluding hydrogens is 1110 g/mol. The van der Waals surface area contributed by atoms with Crippen LogP contribution in [0, 0.1) is 0 Å². The van der Waals surface area contributed by atoms with Gasteiger partial charge in [-0.25, -0.2) is 9.13 Å². The molecule has 0 aromatic rings. The van der Waals surface area contributed by atoms with E-state index in [9.17, 15) is 63.7 Å². The molecule has 26 heteroatoms. The van der Waals surface area contributed by atoms with E-state index < -0.39 is 133 Å². The molecule has 0 radical (unpaired) electrons. The van der Waals surface area contributed by atoms with Crippen molar-refractivity contribution in [2.45, 2.75) is 300 Å². The predicted octanol–water partition coefficient (Wildman–Crippen LogP) is 6.90. The van der Waals surface area contributed by atoms with E-state index in [0.29, 0.717) is 32.1 Å². The van der Waals surface area contributed by atoms with Crippen molar-refractivity contribution in [2.75, 3.05) is 39.6 Å². The van der Waals surface area contributed by atoms with Crippen LogP contribution in [0.25, 0.3) is 0 Å². The summed E-state index contributed by atoms with van der Waals surface area (Å²) >= 11 is 0. The van der Waals surface area contributed by atoms with E-state index in [1.54, 1.807) is 0 Å². The van der Waals surface area contributed by atoms with Gasteiger partial charge in [0.2, 0.25) is 11.8 Å². The second-order valence-corrected chi connectivity index (χ2v) is 24.7. The fourth-order valence-corrected chi connectivity index (χ4v) is 11.4. The number of phosphoric ester groups is 2. The highest BCUT2D eigenvalue weighted by Gasteiger charge is 2.51. The number of hydrogen-bond donors (Lipinski definition) is 11. The van der Waals surface area contributed by atoms with Crippen LogP contribution in [0.2, 0.25) is 0 Å². The molecule has 0 aromatic heterocycles. The second kappa shape index (κ2) is 45.5. The van der Waals surface area contributed by atoms with Gasteiger partial charge in [-0.15, -0.1) is 0 Å². The molecule has 24 nitrogen and oxygen atoms in total. The number of esters is 1. The van der Waals surface area contributed by atoms with Crippen LogP contribution in [0.3, 0.4) is 0 Å². The Morgan fingerprint density at radius 1 is 0.561 bits per heavy atom. The molecule has 11 unspecified atom stereocenters. The Kier molecular flexibility index (Phi) is 42.4. The summed E-state index contributed by atoms with van der Waals surface area (Å²) in [5.41, 5.74) is 5.36. The summed E-state index contributed by atoms with van der Waals surface area (Å²) in [5, 5.41) is 60.9. The number of rotatable bonds is 51. The smallest absolute Gasteiger partial charge is 0.462 e. The van der Waals surface area contributed by atoms with Gasteiger partial charge in [-0.05, 0) is 25.7 Å². The van der Waals surface area contributed by atoms with E-state index in [2.05, 4.69) is 31.4 Å². The minimum atomic E-state index is -5.37. The molecule has 2 fully saturated rings. The van der Waals surface area contributed by atoms with Crippen molar-refractivity contribution in [3.63, 3.8) is 0 Å². The predicted molar refractivity (Wildman–Crippen MR) is 307 cm³/mol. The van der Waals surface area contributed by atoms with Gasteiger partial charge in [0.05, 0.1) is 52.0 Å². The monoisotopic (exact) mass is 1220 g/mol. The highest BCUT2D eigenvalue weighted by molar-refractivity contribution is 7.47. The molecule has 0 aliphatic carbocycles. The highest BCUT2D eigenvalue weighted by Crippen LogP contribution is 2.43. The van der Waals surface area contributed by atoms with E-state index in [-0.39, 0.29) is 32.4 Å². The summed E-state index contributed by atoms with van der Waals surface area (Å²) in [5.74, 6) is -1.95. The largest absolute Gasteiger partial charge is 0.472 e. The van der Waals surface area contributed by atoms with Crippen molar-refractivity contribution in [3.05, 3.63) is 0 Å². The maximum atomic E-state index is 14.0. The van der Waals surface area contributed by atoms with E-state index in [1.807, 2.05) is 0 Å². The van der Waals surface area contributed by atoms with Crippen LogP contribution in [0.5, 0.6) is 0 Å². The number of aliphatic hydroxyl groups is 5. The van der Waals surface area contributed by atoms with Crippen LogP contribution in [0.1, 0.15) is 226 Å². The lowest BCUT2D eigenvalue weighted by atomic mass is 9.95. The molecule has 0 saturated carbocycles. The number of amides is 2. The first-order valence-corrected chi connectivity index (χ1v) is 34.0. The maximum absolute atomic E-state index is 14.0. The van der Waals surface area contributed by atoms with Crippen LogP contribution in [0.4, 0.5) is 0 Å². The summed E-state index contributed by atoms with van der Waals surface area (Å²) in [6.45, 7) is 3.39. The number of nitrogens with one attached hydrogen (secondary N) is 2. The van der Waals surface area contributed by atoms with Crippen molar-refractivity contribution in [2.24, 2.45) is 5.73 Å². The molecule has 82 heavy (non-hydrogen) atoms. The third kappa shape index (κ3) is 34.5. The van der Waals surface area contributed by atoms with E-state index in [1.165, 1.54) is 64.2 Å². The topological polar surface area (TPSA) is 371 Å². The summed E-state index contributed by atoms with van der Waals surface area (Å²) in [4.78, 5) is 70.2. The van der Waals surface area contributed by atoms with E-state index in [4.69, 9.17) is 43.0 Å². The second-order valence-electron chi connectivity index (χ2n) is 22.1. The molecular formula is C56H109N3O21P2. The molecule has 484 valence electrons. The lowest BCUT2D eigenvalue weighted by Gasteiger charge is -2.45. The molecule has 2 saturated heterocycles. The number of nitrogens with two attached hydrogens (primary N) is 1. The number of aliphatic hydroxyl groups excluding tert-OH is 5. The standard InChI is InChI=1S/C56H109N3O21P2/c1-4-7-10-13-16-19-22-25-28-31-42(61)38-46(62)58-49-52(66)51(65)45(79-55(49)73-36-37-76-82(71,72)75-35-34-57)41-74-56-50(53(67)54(44(40-60)78-56)80-81(68,69)70)59-47(63)39-43(32-29-26-23-20-17-14-11-8-5-2)77-48(64)33-30-27-24-21-18-15-12-9-6-3/h42-45,49-56,60-61,65-67H,4-41,57H2,1-3H3,(H,58,62)(H,59,63)(H,71,72)(H2,68,69,70)/t42-,43-,44?,45?,49?,50?,51?,52?,53?,54?,55?,56?/m1/s1. The molecule has 2 aliphatic heterocycles. The van der Waals surface area contributed by atoms with Gasteiger partial charge in [0.15, 0.2) is 12.6 Å². The molecule has 0 spiro atoms. The zero-order valence-corrected chi connectivity index (χ0v) is 51.4. The maximum Gasteiger partial charge on any atom is 0.472 e. The summed E-state index contributed by atoms with van der Waals surface area (Å²) < 4.78 is 68.6. The normalized spacial score (nSPS) is 24.6. The van der Waals surface area contributed by atoms with E-state index in [0.717, 1.165) is 89.9 Å². The summed E-state index contributed by atoms with van der Waals surface area (Å²) in [6.07, 6.45) is 12.3. The Morgan fingerprint density at radius 2 is 1.01 bits per heavy atom. The third-order valence-electron chi connectivity index (χ3n) is 14.8. The Labute approximate surface area is 488 Å². The van der Waals surface area contributed by atoms with Crippen molar-refractivity contribution in [1.82, 2.24) is 10.6 Å². The first-order chi connectivity index (χ1) is 39.3. The molecule has 2 aliphatic rings. The Morgan fingerprint density at radius 3 is 1.52 bits per heavy atom. The van der Waals surface area contributed by atoms with Gasteiger partial charge >= 0.3 is 21.6 Å². The van der Waals surface area contributed by atoms with Crippen LogP contribution < -0.4 is 16.4 Å². The first kappa shape index (κ1) is 76.3. The van der Waals surface area contributed by atoms with Gasteiger partial charge in [0.25, 0.3) is 0 Å². The Hall–Kier alpha value is -1.77. The number of ether oxygens (including phenoxy) is 5. The fourth-order valence-electron chi connectivity index (χ4n) is 10.1. The van der Waals surface area contributed by atoms with Crippen LogP contribution in [-0.2, 0) is 60.8 Å². The average Bonchev–Trinajstić information content (AvgIpc) is 3.42. The molecule has 12 N–H and O–H groups in total. The first-order valence-electron chi connectivity index (χ1n) is 31.0. The van der Waals surface area contributed by atoms with Gasteiger partial charge in [-0.2, -0.15) is 0 Å². The molecule has 13 atom stereocenters. The molecule has 2 amide bonds. The molecule has 0 bridgehead atoms. The zero-order chi connectivity index (χ0) is 60.6. The van der Waals surface area contributed by atoms with Gasteiger partial charge in [-0.1, -0.05) is 181 Å². The fraction of sp³-hybridized carbons (Fsp3) is 0.946. The summed E-state index contributed by atoms with van der Waals surface area (Å²) in [6, 6.07) is -3.20. The van der Waals surface area contributed by atoms with Gasteiger partial charge in [-0.3, -0.25) is 28.0 Å². The SMILES string of the molecule is CCCCCCCCCCCC(=O)O[C@H](CCCCCCCCCCC)CC(=O)NC1C(OCC2OC(OCCOP(=O)(O)OCCN)C(NC(=O)C[C@H](O)CCCCCCCCCCC)C(O)C2O)OC(CO)C(OP(=O)(O)O)C1O. The molecule has 2 rings (SSSR count). The number of phosphoric acid groups is 2. The van der Waals surface area contributed by atoms with Gasteiger partial charge in [0.1, 0.15) is 54.8 Å². The average molecular weight is 1220 g/mol. The Bertz CT molecular complexity index is 1760. The van der Waals surface area contributed by atoms with E-state index >= 15 is 0 Å². The molecule has 2 heterocycles. The summed E-state index contributed by atoms with van der Waals surface area (Å²) in [7, 11) is -9.93.